The number of nitrogens with zero attached hydrogens (tertiary/aromatic N) is 4. The molecule has 27 heavy (non-hydrogen) atoms. The van der Waals surface area contributed by atoms with Crippen molar-refractivity contribution in [3.8, 4) is 0 Å². The highest BCUT2D eigenvalue weighted by molar-refractivity contribution is 7.43. The maximum atomic E-state index is 12.1. The summed E-state index contributed by atoms with van der Waals surface area (Å²) in [5.74, 6) is -0.142. The summed E-state index contributed by atoms with van der Waals surface area (Å²) in [6.45, 7) is 2.25. The molecule has 1 amide bonds. The van der Waals surface area contributed by atoms with Crippen molar-refractivity contribution in [1.29, 1.82) is 0 Å². The Morgan fingerprint density at radius 1 is 1.33 bits per heavy atom. The third-order valence-electron chi connectivity index (χ3n) is 3.69. The molecule has 2 atom stereocenters. The maximum Gasteiger partial charge on any atom is 0.491 e. The number of rotatable bonds is 7. The number of nitrogen functional groups attached to an aromatic ring is 1. The van der Waals surface area contributed by atoms with Crippen molar-refractivity contribution in [3.63, 3.8) is 0 Å². The molecule has 1 aromatic carbocycles. The molecule has 0 radical (unpaired) electrons. The number of fused-ring (bicyclic) bond motifs is 1. The monoisotopic (exact) mass is 407 g/mol. The molecular weight excluding hydrogens is 391 g/mol. The van der Waals surface area contributed by atoms with Gasteiger partial charge in [0.15, 0.2) is 11.5 Å². The fourth-order valence-electron chi connectivity index (χ4n) is 2.37. The summed E-state index contributed by atoms with van der Waals surface area (Å²) in [7, 11) is -2.06. The number of amides is 1. The van der Waals surface area contributed by atoms with E-state index in [9.17, 15) is 9.36 Å². The minimum absolute atomic E-state index is 0.112. The van der Waals surface area contributed by atoms with Gasteiger partial charge in [0.25, 0.3) is 12.3 Å². The van der Waals surface area contributed by atoms with Gasteiger partial charge in [0.2, 0.25) is 0 Å². The van der Waals surface area contributed by atoms with Crippen LogP contribution in [0.1, 0.15) is 17.3 Å². The third-order valence-corrected chi connectivity index (χ3v) is 4.78. The number of imidazole rings is 1. The lowest BCUT2D eigenvalue weighted by Gasteiger charge is -2.10. The van der Waals surface area contributed by atoms with Crippen LogP contribution in [0.5, 0.6) is 0 Å². The molecule has 0 aliphatic carbocycles. The van der Waals surface area contributed by atoms with Crippen LogP contribution < -0.4 is 10.8 Å². The van der Waals surface area contributed by atoms with E-state index in [-0.39, 0.29) is 12.5 Å². The summed E-state index contributed by atoms with van der Waals surface area (Å²) >= 11 is 5.78. The smallest absolute Gasteiger partial charge is 0.382 e. The maximum absolute atomic E-state index is 12.1. The molecule has 3 N–H and O–H groups in total. The number of hydrogen-bond acceptors (Lipinski definition) is 7. The number of ether oxygens (including phenoxy) is 1. The van der Waals surface area contributed by atoms with Crippen molar-refractivity contribution in [3.05, 3.63) is 47.5 Å². The van der Waals surface area contributed by atoms with E-state index in [1.807, 2.05) is 6.92 Å². The lowest BCUT2D eigenvalue weighted by Crippen LogP contribution is -2.20. The number of anilines is 1. The summed E-state index contributed by atoms with van der Waals surface area (Å²) in [5.41, 5.74) is 7.25. The lowest BCUT2D eigenvalue weighted by molar-refractivity contribution is 0.0859. The van der Waals surface area contributed by atoms with Gasteiger partial charge in [0.1, 0.15) is 11.8 Å². The van der Waals surface area contributed by atoms with Gasteiger partial charge in [-0.15, -0.1) is 5.09 Å². The van der Waals surface area contributed by atoms with Crippen LogP contribution in [-0.2, 0) is 15.8 Å². The van der Waals surface area contributed by atoms with Gasteiger partial charge in [-0.25, -0.2) is 15.0 Å². The molecule has 0 aliphatic heterocycles. The largest absolute Gasteiger partial charge is 0.491 e. The molecule has 9 nitrogen and oxygen atoms in total. The molecule has 140 valence electrons. The van der Waals surface area contributed by atoms with Gasteiger partial charge >= 0.3 is 7.95 Å². The summed E-state index contributed by atoms with van der Waals surface area (Å²) in [4.78, 5) is 24.2. The molecular formula is C16H17ClN6O3P+. The molecule has 2 heterocycles. The minimum Gasteiger partial charge on any atom is -0.382 e. The molecule has 0 spiro atoms. The molecule has 0 saturated heterocycles. The highest BCUT2D eigenvalue weighted by atomic mass is 35.5. The number of carbonyl (C=O) groups excluding carboxylic acids is 1. The Labute approximate surface area is 160 Å². The zero-order chi connectivity index (χ0) is 19.4. The van der Waals surface area contributed by atoms with Gasteiger partial charge in [0.05, 0.1) is 19.0 Å². The first-order valence-electron chi connectivity index (χ1n) is 7.98. The summed E-state index contributed by atoms with van der Waals surface area (Å²) in [6, 6.07) is 6.30. The van der Waals surface area contributed by atoms with Crippen molar-refractivity contribution in [1.82, 2.24) is 24.6 Å². The van der Waals surface area contributed by atoms with Crippen LogP contribution in [0.25, 0.3) is 11.2 Å². The number of aromatic nitrogens is 4. The van der Waals surface area contributed by atoms with Crippen molar-refractivity contribution in [2.75, 3.05) is 12.1 Å². The van der Waals surface area contributed by atoms with E-state index >= 15 is 0 Å². The van der Waals surface area contributed by atoms with E-state index in [4.69, 9.17) is 22.1 Å². The lowest BCUT2D eigenvalue weighted by atomic mass is 10.2. The van der Waals surface area contributed by atoms with Crippen molar-refractivity contribution in [2.24, 2.45) is 0 Å². The average molecular weight is 408 g/mol. The molecule has 0 bridgehead atoms. The Balaban J connectivity index is 1.51. The molecule has 2 aromatic heterocycles. The summed E-state index contributed by atoms with van der Waals surface area (Å²) in [5, 5.41) is 2.93. The third kappa shape index (κ3) is 4.77. The van der Waals surface area contributed by atoms with E-state index < -0.39 is 13.9 Å². The van der Waals surface area contributed by atoms with Crippen LogP contribution in [0.3, 0.4) is 0 Å². The number of hydrogen-bond donors (Lipinski definition) is 2. The van der Waals surface area contributed by atoms with Crippen LogP contribution in [0.2, 0.25) is 5.02 Å². The van der Waals surface area contributed by atoms with Crippen LogP contribution in [0, 0.1) is 0 Å². The van der Waals surface area contributed by atoms with E-state index in [2.05, 4.69) is 20.0 Å². The van der Waals surface area contributed by atoms with Gasteiger partial charge in [-0.3, -0.25) is 4.79 Å². The van der Waals surface area contributed by atoms with E-state index in [0.29, 0.717) is 34.1 Å². The van der Waals surface area contributed by atoms with Crippen LogP contribution in [0.4, 0.5) is 5.82 Å². The standard InChI is InChI=1S/C16H16ClN6O3P/c1-10(6-23-8-21-13-14(18)19-7-20-15(13)23)26-9-27(25)22-16(24)11-2-4-12(17)5-3-11/h2-5,7-8,10H,6,9H2,1H3,(H2-,18,19,20,22,24,25)/p+1. The van der Waals surface area contributed by atoms with Crippen molar-refractivity contribution in [2.45, 2.75) is 19.6 Å². The molecule has 3 rings (SSSR count). The Morgan fingerprint density at radius 2 is 2.07 bits per heavy atom. The van der Waals surface area contributed by atoms with Gasteiger partial charge in [-0.05, 0) is 35.8 Å². The second kappa shape index (κ2) is 8.39. The topological polar surface area (TPSA) is 125 Å². The van der Waals surface area contributed by atoms with Gasteiger partial charge < -0.3 is 15.0 Å². The normalized spacial score (nSPS) is 12.7. The summed E-state index contributed by atoms with van der Waals surface area (Å²) in [6.07, 6.45) is 2.56. The van der Waals surface area contributed by atoms with Gasteiger partial charge in [-0.1, -0.05) is 11.6 Å². The first-order chi connectivity index (χ1) is 12.9. The van der Waals surface area contributed by atoms with Crippen LogP contribution in [-0.4, -0.2) is 37.9 Å². The van der Waals surface area contributed by atoms with Gasteiger partial charge in [-0.2, -0.15) is 0 Å². The summed E-state index contributed by atoms with van der Waals surface area (Å²) < 4.78 is 19.4. The van der Waals surface area contributed by atoms with Crippen LogP contribution >= 0.6 is 19.6 Å². The van der Waals surface area contributed by atoms with Crippen molar-refractivity contribution >= 4 is 42.4 Å². The van der Waals surface area contributed by atoms with Crippen LogP contribution in [0.15, 0.2) is 36.9 Å². The molecule has 3 aromatic rings. The predicted molar refractivity (Wildman–Crippen MR) is 102 cm³/mol. The van der Waals surface area contributed by atoms with Gasteiger partial charge in [0, 0.05) is 10.6 Å². The molecule has 0 saturated carbocycles. The SMILES string of the molecule is CC(Cn1cnc2c(N)ncnc21)OC[P+](=O)NC(=O)c1ccc(Cl)cc1. The van der Waals surface area contributed by atoms with Crippen molar-refractivity contribution < 1.29 is 14.1 Å². The number of benzene rings is 1. The highest BCUT2D eigenvalue weighted by Crippen LogP contribution is 2.19. The molecule has 2 unspecified atom stereocenters. The molecule has 11 heteroatoms. The molecule has 0 fully saturated rings. The Morgan fingerprint density at radius 3 is 2.81 bits per heavy atom. The van der Waals surface area contributed by atoms with E-state index in [1.165, 1.54) is 6.33 Å². The number of carbonyl (C=O) groups is 1. The second-order valence-electron chi connectivity index (χ2n) is 5.76. The fourth-order valence-corrected chi connectivity index (χ4v) is 3.30. The zero-order valence-electron chi connectivity index (χ0n) is 14.4. The van der Waals surface area contributed by atoms with E-state index in [1.54, 1.807) is 35.2 Å². The van der Waals surface area contributed by atoms with E-state index in [0.717, 1.165) is 0 Å². The number of nitrogens with two attached hydrogens (primary N) is 1. The Bertz CT molecular complexity index is 978. The first-order valence-corrected chi connectivity index (χ1v) is 9.80. The Hall–Kier alpha value is -2.61. The fraction of sp³-hybridized carbons (Fsp3) is 0.250. The highest BCUT2D eigenvalue weighted by Gasteiger charge is 2.22. The second-order valence-corrected chi connectivity index (χ2v) is 7.44. The predicted octanol–water partition coefficient (Wildman–Crippen LogP) is 2.60. The quantitative estimate of drug-likeness (QED) is 0.576. The number of halogens is 1. The Kier molecular flexibility index (Phi) is 5.95. The average Bonchev–Trinajstić information content (AvgIpc) is 3.05. The minimum atomic E-state index is -2.06. The first kappa shape index (κ1) is 19.2. The number of nitrogens with one attached hydrogen (secondary N) is 1. The zero-order valence-corrected chi connectivity index (χ0v) is 16.0. The molecule has 0 aliphatic rings.